The van der Waals surface area contributed by atoms with E-state index in [1.807, 2.05) is 12.1 Å². The molecule has 0 radical (unpaired) electrons. The van der Waals surface area contributed by atoms with E-state index >= 15 is 0 Å². The van der Waals surface area contributed by atoms with Crippen molar-refractivity contribution in [3.8, 4) is 0 Å². The third kappa shape index (κ3) is 5.85. The van der Waals surface area contributed by atoms with Gasteiger partial charge in [-0.3, -0.25) is 9.59 Å². The SMILES string of the molecule is CCCCc1ccc(C(=O)CCC(=O)N(C)C(C)C(=O)O)cc1. The number of carboxylic acids is 1. The van der Waals surface area contributed by atoms with Crippen LogP contribution in [0.25, 0.3) is 0 Å². The van der Waals surface area contributed by atoms with Gasteiger partial charge in [-0.25, -0.2) is 4.79 Å². The molecule has 0 bridgehead atoms. The minimum Gasteiger partial charge on any atom is -0.480 e. The highest BCUT2D eigenvalue weighted by molar-refractivity contribution is 5.98. The largest absolute Gasteiger partial charge is 0.480 e. The molecule has 5 nitrogen and oxygen atoms in total. The molecule has 1 atom stereocenters. The Balaban J connectivity index is 2.53. The first kappa shape index (κ1) is 18.9. The van der Waals surface area contributed by atoms with Crippen LogP contribution >= 0.6 is 0 Å². The molecule has 1 rings (SSSR count). The van der Waals surface area contributed by atoms with Crippen LogP contribution in [0.4, 0.5) is 0 Å². The maximum atomic E-state index is 12.1. The Morgan fingerprint density at radius 2 is 1.74 bits per heavy atom. The number of aryl methyl sites for hydroxylation is 1. The highest BCUT2D eigenvalue weighted by atomic mass is 16.4. The van der Waals surface area contributed by atoms with E-state index < -0.39 is 12.0 Å². The zero-order valence-electron chi connectivity index (χ0n) is 14.0. The van der Waals surface area contributed by atoms with E-state index in [9.17, 15) is 14.4 Å². The molecule has 1 aromatic carbocycles. The van der Waals surface area contributed by atoms with Gasteiger partial charge in [0.1, 0.15) is 6.04 Å². The van der Waals surface area contributed by atoms with Crippen LogP contribution in [0, 0.1) is 0 Å². The number of likely N-dealkylation sites (N-methyl/N-ethyl adjacent to an activating group) is 1. The Morgan fingerprint density at radius 1 is 1.13 bits per heavy atom. The average Bonchev–Trinajstić information content (AvgIpc) is 2.56. The monoisotopic (exact) mass is 319 g/mol. The van der Waals surface area contributed by atoms with Gasteiger partial charge in [0.2, 0.25) is 5.91 Å². The van der Waals surface area contributed by atoms with Gasteiger partial charge < -0.3 is 10.0 Å². The molecule has 0 aromatic heterocycles. The molecule has 1 N–H and O–H groups in total. The second kappa shape index (κ2) is 9.08. The number of aliphatic carboxylic acids is 1. The Hall–Kier alpha value is -2.17. The van der Waals surface area contributed by atoms with Crippen LogP contribution in [-0.4, -0.2) is 40.8 Å². The van der Waals surface area contributed by atoms with Crippen molar-refractivity contribution in [2.45, 2.75) is 52.0 Å². The van der Waals surface area contributed by atoms with Crippen LogP contribution in [-0.2, 0) is 16.0 Å². The lowest BCUT2D eigenvalue weighted by molar-refractivity contribution is -0.148. The molecule has 0 heterocycles. The molecular weight excluding hydrogens is 294 g/mol. The summed E-state index contributed by atoms with van der Waals surface area (Å²) in [5, 5.41) is 8.88. The number of hydrogen-bond donors (Lipinski definition) is 1. The molecule has 23 heavy (non-hydrogen) atoms. The number of rotatable bonds is 9. The van der Waals surface area contributed by atoms with Gasteiger partial charge in [-0.2, -0.15) is 0 Å². The lowest BCUT2D eigenvalue weighted by Crippen LogP contribution is -2.40. The van der Waals surface area contributed by atoms with Crippen LogP contribution in [0.5, 0.6) is 0 Å². The van der Waals surface area contributed by atoms with E-state index in [1.165, 1.54) is 19.5 Å². The molecule has 1 amide bonds. The first-order valence-electron chi connectivity index (χ1n) is 7.97. The number of Topliss-reactive ketones (excluding diaryl/α,β-unsaturated/α-hetero) is 1. The average molecular weight is 319 g/mol. The summed E-state index contributed by atoms with van der Waals surface area (Å²) in [5.74, 6) is -1.50. The summed E-state index contributed by atoms with van der Waals surface area (Å²) in [7, 11) is 1.44. The molecule has 0 aliphatic carbocycles. The van der Waals surface area contributed by atoms with Gasteiger partial charge >= 0.3 is 5.97 Å². The standard InChI is InChI=1S/C18H25NO4/c1-4-5-6-14-7-9-15(10-8-14)16(20)11-12-17(21)19(3)13(2)18(22)23/h7-10,13H,4-6,11-12H2,1-3H3,(H,22,23). The molecule has 0 saturated carbocycles. The first-order chi connectivity index (χ1) is 10.9. The highest BCUT2D eigenvalue weighted by Crippen LogP contribution is 2.11. The van der Waals surface area contributed by atoms with Crippen LogP contribution in [0.3, 0.4) is 0 Å². The lowest BCUT2D eigenvalue weighted by atomic mass is 10.0. The fourth-order valence-corrected chi connectivity index (χ4v) is 2.16. The topological polar surface area (TPSA) is 74.7 Å². The zero-order chi connectivity index (χ0) is 17.4. The third-order valence-electron chi connectivity index (χ3n) is 3.99. The van der Waals surface area contributed by atoms with Gasteiger partial charge in [0, 0.05) is 25.5 Å². The molecule has 0 spiro atoms. The fraction of sp³-hybridized carbons (Fsp3) is 0.500. The van der Waals surface area contributed by atoms with Crippen molar-refractivity contribution in [2.75, 3.05) is 7.05 Å². The Labute approximate surface area is 137 Å². The summed E-state index contributed by atoms with van der Waals surface area (Å²) in [6.07, 6.45) is 3.36. The van der Waals surface area contributed by atoms with Crippen molar-refractivity contribution in [2.24, 2.45) is 0 Å². The summed E-state index contributed by atoms with van der Waals surface area (Å²) in [5.41, 5.74) is 1.79. The summed E-state index contributed by atoms with van der Waals surface area (Å²) < 4.78 is 0. The minimum atomic E-state index is -1.06. The number of carbonyl (C=O) groups excluding carboxylic acids is 2. The molecule has 0 aliphatic rings. The normalized spacial score (nSPS) is 11.8. The van der Waals surface area contributed by atoms with Crippen molar-refractivity contribution in [3.63, 3.8) is 0 Å². The second-order valence-electron chi connectivity index (χ2n) is 5.74. The van der Waals surface area contributed by atoms with Crippen LogP contribution < -0.4 is 0 Å². The molecule has 126 valence electrons. The first-order valence-corrected chi connectivity index (χ1v) is 7.97. The van der Waals surface area contributed by atoms with Gasteiger partial charge in [0.25, 0.3) is 0 Å². The second-order valence-corrected chi connectivity index (χ2v) is 5.74. The third-order valence-corrected chi connectivity index (χ3v) is 3.99. The highest BCUT2D eigenvalue weighted by Gasteiger charge is 2.22. The molecule has 0 aliphatic heterocycles. The summed E-state index contributed by atoms with van der Waals surface area (Å²) in [4.78, 5) is 36.0. The maximum absolute atomic E-state index is 12.1. The van der Waals surface area contributed by atoms with Crippen LogP contribution in [0.15, 0.2) is 24.3 Å². The van der Waals surface area contributed by atoms with Crippen LogP contribution in [0.1, 0.15) is 55.5 Å². The molecule has 0 saturated heterocycles. The number of benzene rings is 1. The van der Waals surface area contributed by atoms with Gasteiger partial charge in [-0.05, 0) is 25.3 Å². The van der Waals surface area contributed by atoms with Gasteiger partial charge in [0.05, 0.1) is 0 Å². The van der Waals surface area contributed by atoms with Gasteiger partial charge in [-0.15, -0.1) is 0 Å². The minimum absolute atomic E-state index is 0.0184. The number of ketones is 1. The Morgan fingerprint density at radius 3 is 2.26 bits per heavy atom. The zero-order valence-corrected chi connectivity index (χ0v) is 14.0. The van der Waals surface area contributed by atoms with Gasteiger partial charge in [0.15, 0.2) is 5.78 Å². The van der Waals surface area contributed by atoms with E-state index in [1.54, 1.807) is 12.1 Å². The maximum Gasteiger partial charge on any atom is 0.326 e. The number of carboxylic acid groups (broad SMARTS) is 1. The Bertz CT molecular complexity index is 551. The predicted molar refractivity (Wildman–Crippen MR) is 88.5 cm³/mol. The molecule has 0 fully saturated rings. The Kier molecular flexibility index (Phi) is 7.45. The van der Waals surface area contributed by atoms with Crippen molar-refractivity contribution in [3.05, 3.63) is 35.4 Å². The fourth-order valence-electron chi connectivity index (χ4n) is 2.16. The molecule has 5 heteroatoms. The number of carbonyl (C=O) groups is 3. The van der Waals surface area contributed by atoms with Gasteiger partial charge in [-0.1, -0.05) is 37.6 Å². The van der Waals surface area contributed by atoms with E-state index in [2.05, 4.69) is 6.92 Å². The smallest absolute Gasteiger partial charge is 0.326 e. The lowest BCUT2D eigenvalue weighted by Gasteiger charge is -2.21. The summed E-state index contributed by atoms with van der Waals surface area (Å²) in [6.45, 7) is 3.58. The van der Waals surface area contributed by atoms with E-state index in [0.29, 0.717) is 5.56 Å². The molecular formula is C18H25NO4. The predicted octanol–water partition coefficient (Wildman–Crippen LogP) is 2.92. The van der Waals surface area contributed by atoms with E-state index in [4.69, 9.17) is 5.11 Å². The molecule has 1 unspecified atom stereocenters. The van der Waals surface area contributed by atoms with Crippen LogP contribution in [0.2, 0.25) is 0 Å². The van der Waals surface area contributed by atoms with E-state index in [0.717, 1.165) is 24.2 Å². The number of unbranched alkanes of at least 4 members (excludes halogenated alkanes) is 1. The van der Waals surface area contributed by atoms with E-state index in [-0.39, 0.29) is 24.5 Å². The number of nitrogens with zero attached hydrogens (tertiary/aromatic N) is 1. The van der Waals surface area contributed by atoms with Crippen molar-refractivity contribution in [1.29, 1.82) is 0 Å². The summed E-state index contributed by atoms with van der Waals surface area (Å²) in [6, 6.07) is 6.59. The number of hydrogen-bond acceptors (Lipinski definition) is 3. The molecule has 1 aromatic rings. The quantitative estimate of drug-likeness (QED) is 0.710. The van der Waals surface area contributed by atoms with Crippen molar-refractivity contribution in [1.82, 2.24) is 4.90 Å². The summed E-state index contributed by atoms with van der Waals surface area (Å²) >= 11 is 0. The van der Waals surface area contributed by atoms with Crippen molar-refractivity contribution >= 4 is 17.7 Å². The number of amides is 1. The van der Waals surface area contributed by atoms with Crippen molar-refractivity contribution < 1.29 is 19.5 Å².